The van der Waals surface area contributed by atoms with Crippen molar-refractivity contribution in [2.45, 2.75) is 90.0 Å². The van der Waals surface area contributed by atoms with E-state index in [-0.39, 0.29) is 11.8 Å². The van der Waals surface area contributed by atoms with E-state index in [1.807, 2.05) is 0 Å². The first-order valence-electron chi connectivity index (χ1n) is 10.7. The first-order chi connectivity index (χ1) is 12.2. The van der Waals surface area contributed by atoms with Crippen molar-refractivity contribution in [3.8, 4) is 0 Å². The van der Waals surface area contributed by atoms with E-state index < -0.39 is 0 Å². The Morgan fingerprint density at radius 1 is 0.920 bits per heavy atom. The maximum Gasteiger partial charge on any atom is 0.225 e. The number of likely N-dealkylation sites (tertiary alicyclic amines) is 1. The molecule has 142 valence electrons. The molecule has 0 spiro atoms. The first-order valence-corrected chi connectivity index (χ1v) is 10.7. The zero-order valence-corrected chi connectivity index (χ0v) is 16.0. The fraction of sp³-hybridized carbons (Fsp3) is 0.905. The van der Waals surface area contributed by atoms with Crippen LogP contribution in [0.15, 0.2) is 0 Å². The van der Waals surface area contributed by atoms with Crippen molar-refractivity contribution in [3.63, 3.8) is 0 Å². The van der Waals surface area contributed by atoms with E-state index in [1.54, 1.807) is 0 Å². The summed E-state index contributed by atoms with van der Waals surface area (Å²) in [4.78, 5) is 27.2. The molecule has 3 fully saturated rings. The molecule has 1 N–H and O–H groups in total. The molecule has 2 aliphatic carbocycles. The summed E-state index contributed by atoms with van der Waals surface area (Å²) in [5.74, 6) is 2.13. The zero-order chi connectivity index (χ0) is 17.6. The van der Waals surface area contributed by atoms with Gasteiger partial charge in [0.15, 0.2) is 0 Å². The van der Waals surface area contributed by atoms with Crippen LogP contribution in [-0.4, -0.2) is 35.8 Å². The van der Waals surface area contributed by atoms with Crippen molar-refractivity contribution < 1.29 is 9.59 Å². The molecule has 1 saturated heterocycles. The molecule has 0 radical (unpaired) electrons. The molecule has 0 unspecified atom stereocenters. The third-order valence-electron chi connectivity index (χ3n) is 6.80. The van der Waals surface area contributed by atoms with Gasteiger partial charge in [-0.2, -0.15) is 0 Å². The van der Waals surface area contributed by atoms with Crippen LogP contribution in [0.1, 0.15) is 84.0 Å². The zero-order valence-electron chi connectivity index (χ0n) is 16.0. The van der Waals surface area contributed by atoms with Crippen LogP contribution in [0.5, 0.6) is 0 Å². The number of rotatable bonds is 5. The van der Waals surface area contributed by atoms with Crippen LogP contribution < -0.4 is 5.32 Å². The van der Waals surface area contributed by atoms with Gasteiger partial charge in [0.2, 0.25) is 11.8 Å². The number of amides is 2. The number of carbonyl (C=O) groups is 2. The molecular formula is C21H36N2O2. The predicted molar refractivity (Wildman–Crippen MR) is 100 cm³/mol. The van der Waals surface area contributed by atoms with Crippen LogP contribution in [0.2, 0.25) is 0 Å². The molecule has 4 heteroatoms. The van der Waals surface area contributed by atoms with Crippen molar-refractivity contribution in [2.24, 2.45) is 17.8 Å². The Morgan fingerprint density at radius 2 is 1.60 bits per heavy atom. The van der Waals surface area contributed by atoms with E-state index in [2.05, 4.69) is 17.1 Å². The van der Waals surface area contributed by atoms with Crippen LogP contribution in [0.4, 0.5) is 0 Å². The molecule has 2 saturated carbocycles. The number of carbonyl (C=O) groups excluding carboxylic acids is 2. The highest BCUT2D eigenvalue weighted by Crippen LogP contribution is 2.30. The van der Waals surface area contributed by atoms with Gasteiger partial charge in [0.1, 0.15) is 0 Å². The molecule has 0 aromatic heterocycles. The third-order valence-corrected chi connectivity index (χ3v) is 6.80. The van der Waals surface area contributed by atoms with Crippen LogP contribution in [0.3, 0.4) is 0 Å². The summed E-state index contributed by atoms with van der Waals surface area (Å²) in [6, 6.07) is 0.294. The second-order valence-corrected chi connectivity index (χ2v) is 8.67. The summed E-state index contributed by atoms with van der Waals surface area (Å²) in [5.41, 5.74) is 0. The standard InChI is InChI=1S/C21H36N2O2/c1-2-16-8-5-13-23(15-16)21(25)18-9-11-19(12-10-18)22-20(24)14-17-6-3-4-7-17/h16-19H,2-15H2,1H3,(H,22,24)/t16-,18?,19?/m0/s1. The molecule has 0 aromatic rings. The number of piperidine rings is 1. The molecule has 25 heavy (non-hydrogen) atoms. The first kappa shape index (κ1) is 18.7. The van der Waals surface area contributed by atoms with Gasteiger partial charge in [0.05, 0.1) is 0 Å². The number of nitrogens with one attached hydrogen (secondary N) is 1. The second kappa shape index (κ2) is 9.05. The summed E-state index contributed by atoms with van der Waals surface area (Å²) in [6.07, 6.45) is 13.2. The molecule has 4 nitrogen and oxygen atoms in total. The summed E-state index contributed by atoms with van der Waals surface area (Å²) in [7, 11) is 0. The molecule has 0 bridgehead atoms. The van der Waals surface area contributed by atoms with Gasteiger partial charge < -0.3 is 10.2 Å². The lowest BCUT2D eigenvalue weighted by atomic mass is 9.84. The lowest BCUT2D eigenvalue weighted by Gasteiger charge is -2.37. The fourth-order valence-electron chi connectivity index (χ4n) is 5.10. The number of nitrogens with zero attached hydrogens (tertiary/aromatic N) is 1. The largest absolute Gasteiger partial charge is 0.353 e. The normalized spacial score (nSPS) is 31.1. The summed E-state index contributed by atoms with van der Waals surface area (Å²) in [5, 5.41) is 3.24. The van der Waals surface area contributed by atoms with Gasteiger partial charge in [0.25, 0.3) is 0 Å². The van der Waals surface area contributed by atoms with Crippen LogP contribution in [0, 0.1) is 17.8 Å². The molecule has 1 atom stereocenters. The Bertz CT molecular complexity index is 451. The van der Waals surface area contributed by atoms with Gasteiger partial charge in [0, 0.05) is 31.5 Å². The summed E-state index contributed by atoms with van der Waals surface area (Å²) in [6.45, 7) is 4.15. The maximum absolute atomic E-state index is 12.8. The van der Waals surface area contributed by atoms with Crippen molar-refractivity contribution in [1.82, 2.24) is 10.2 Å². The quantitative estimate of drug-likeness (QED) is 0.819. The van der Waals surface area contributed by atoms with Gasteiger partial charge in [-0.05, 0) is 63.2 Å². The lowest BCUT2D eigenvalue weighted by Crippen LogP contribution is -2.45. The van der Waals surface area contributed by atoms with E-state index in [9.17, 15) is 9.59 Å². The topological polar surface area (TPSA) is 49.4 Å². The highest BCUT2D eigenvalue weighted by molar-refractivity contribution is 5.79. The van der Waals surface area contributed by atoms with Crippen molar-refractivity contribution in [3.05, 3.63) is 0 Å². The molecular weight excluding hydrogens is 312 g/mol. The monoisotopic (exact) mass is 348 g/mol. The second-order valence-electron chi connectivity index (χ2n) is 8.67. The summed E-state index contributed by atoms with van der Waals surface area (Å²) < 4.78 is 0. The molecule has 3 aliphatic rings. The molecule has 1 heterocycles. The minimum Gasteiger partial charge on any atom is -0.353 e. The maximum atomic E-state index is 12.8. The number of hydrogen-bond donors (Lipinski definition) is 1. The SMILES string of the molecule is CC[C@H]1CCCN(C(=O)C2CCC(NC(=O)CC3CCCC3)CC2)C1. The minimum atomic E-state index is 0.193. The number of hydrogen-bond acceptors (Lipinski definition) is 2. The van der Waals surface area contributed by atoms with E-state index in [0.29, 0.717) is 30.2 Å². The van der Waals surface area contributed by atoms with Gasteiger partial charge in [-0.3, -0.25) is 9.59 Å². The average molecular weight is 349 g/mol. The molecule has 3 rings (SSSR count). The average Bonchev–Trinajstić information content (AvgIpc) is 3.14. The van der Waals surface area contributed by atoms with Crippen molar-refractivity contribution in [2.75, 3.05) is 13.1 Å². The smallest absolute Gasteiger partial charge is 0.225 e. The highest BCUT2D eigenvalue weighted by Gasteiger charge is 2.32. The van der Waals surface area contributed by atoms with Gasteiger partial charge in [-0.1, -0.05) is 26.2 Å². The van der Waals surface area contributed by atoms with Crippen LogP contribution >= 0.6 is 0 Å². The Kier molecular flexibility index (Phi) is 6.77. The van der Waals surface area contributed by atoms with Crippen LogP contribution in [0.25, 0.3) is 0 Å². The van der Waals surface area contributed by atoms with Crippen molar-refractivity contribution >= 4 is 11.8 Å². The molecule has 1 aliphatic heterocycles. The Labute approximate surface area is 153 Å². The van der Waals surface area contributed by atoms with Gasteiger partial charge in [-0.25, -0.2) is 0 Å². The third kappa shape index (κ3) is 5.21. The Hall–Kier alpha value is -1.06. The lowest BCUT2D eigenvalue weighted by molar-refractivity contribution is -0.138. The fourth-order valence-corrected chi connectivity index (χ4v) is 5.10. The van der Waals surface area contributed by atoms with Gasteiger partial charge in [-0.15, -0.1) is 0 Å². The Balaban J connectivity index is 1.39. The van der Waals surface area contributed by atoms with E-state index in [0.717, 1.165) is 45.2 Å². The van der Waals surface area contributed by atoms with Gasteiger partial charge >= 0.3 is 0 Å². The van der Waals surface area contributed by atoms with E-state index in [4.69, 9.17) is 0 Å². The predicted octanol–water partition coefficient (Wildman–Crippen LogP) is 3.89. The van der Waals surface area contributed by atoms with E-state index in [1.165, 1.54) is 38.5 Å². The van der Waals surface area contributed by atoms with Crippen molar-refractivity contribution in [1.29, 1.82) is 0 Å². The van der Waals surface area contributed by atoms with E-state index >= 15 is 0 Å². The molecule has 2 amide bonds. The van der Waals surface area contributed by atoms with Crippen LogP contribution in [-0.2, 0) is 9.59 Å². The highest BCUT2D eigenvalue weighted by atomic mass is 16.2. The summed E-state index contributed by atoms with van der Waals surface area (Å²) >= 11 is 0. The Morgan fingerprint density at radius 3 is 2.28 bits per heavy atom. The minimum absolute atomic E-state index is 0.193. The molecule has 0 aromatic carbocycles.